The number of β-amino-alcohol motifs (C(OH)–C–C–N with tert-alkyl or cyclic N) is 1. The molecule has 3 aliphatic rings. The first-order valence-corrected chi connectivity index (χ1v) is 12.2. The monoisotopic (exact) mass is 466 g/mol. The minimum atomic E-state index is -0.479. The molecule has 178 valence electrons. The first-order valence-electron chi connectivity index (χ1n) is 11.8. The molecule has 3 heterocycles. The highest BCUT2D eigenvalue weighted by Gasteiger charge is 2.38. The van der Waals surface area contributed by atoms with Crippen molar-refractivity contribution >= 4 is 17.5 Å². The SMILES string of the molecule is O=C(C[C@H]1CC[C@H]2[C@@H](COC[C@H](O)CN2CC2CCOCC2)O1)NCc1ccc(Cl)cc1. The molecule has 1 aromatic rings. The van der Waals surface area contributed by atoms with Crippen molar-refractivity contribution in [1.82, 2.24) is 10.2 Å². The van der Waals surface area contributed by atoms with Crippen molar-refractivity contribution in [1.29, 1.82) is 0 Å². The van der Waals surface area contributed by atoms with E-state index in [4.69, 9.17) is 25.8 Å². The molecule has 0 bridgehead atoms. The average molecular weight is 467 g/mol. The normalized spacial score (nSPS) is 30.2. The van der Waals surface area contributed by atoms with Gasteiger partial charge in [0.25, 0.3) is 0 Å². The fraction of sp³-hybridized carbons (Fsp3) is 0.708. The van der Waals surface area contributed by atoms with Gasteiger partial charge in [0.15, 0.2) is 0 Å². The number of amides is 1. The summed E-state index contributed by atoms with van der Waals surface area (Å²) in [6.45, 7) is 4.46. The van der Waals surface area contributed by atoms with E-state index in [9.17, 15) is 9.90 Å². The number of rotatable bonds is 6. The summed E-state index contributed by atoms with van der Waals surface area (Å²) in [5, 5.41) is 14.0. The van der Waals surface area contributed by atoms with E-state index in [-0.39, 0.29) is 24.2 Å². The summed E-state index contributed by atoms with van der Waals surface area (Å²) in [6.07, 6.45) is 3.58. The molecule has 2 N–H and O–H groups in total. The van der Waals surface area contributed by atoms with Crippen LogP contribution in [0.2, 0.25) is 5.02 Å². The third-order valence-corrected chi connectivity index (χ3v) is 6.99. The molecule has 3 saturated heterocycles. The second-order valence-electron chi connectivity index (χ2n) is 9.25. The lowest BCUT2D eigenvalue weighted by Crippen LogP contribution is -2.57. The lowest BCUT2D eigenvalue weighted by atomic mass is 9.92. The van der Waals surface area contributed by atoms with E-state index in [0.29, 0.717) is 43.7 Å². The van der Waals surface area contributed by atoms with Gasteiger partial charge in [0, 0.05) is 43.9 Å². The molecule has 4 rings (SSSR count). The molecule has 32 heavy (non-hydrogen) atoms. The minimum Gasteiger partial charge on any atom is -0.389 e. The van der Waals surface area contributed by atoms with Gasteiger partial charge < -0.3 is 24.6 Å². The summed E-state index contributed by atoms with van der Waals surface area (Å²) < 4.78 is 17.6. The van der Waals surface area contributed by atoms with E-state index in [1.165, 1.54) is 0 Å². The van der Waals surface area contributed by atoms with Gasteiger partial charge in [-0.05, 0) is 49.3 Å². The van der Waals surface area contributed by atoms with Gasteiger partial charge in [-0.1, -0.05) is 23.7 Å². The van der Waals surface area contributed by atoms with Crippen LogP contribution in [0.3, 0.4) is 0 Å². The van der Waals surface area contributed by atoms with Crippen LogP contribution in [0.4, 0.5) is 0 Å². The Morgan fingerprint density at radius 3 is 2.66 bits per heavy atom. The van der Waals surface area contributed by atoms with E-state index >= 15 is 0 Å². The van der Waals surface area contributed by atoms with Gasteiger partial charge in [-0.3, -0.25) is 9.69 Å². The largest absolute Gasteiger partial charge is 0.389 e. The lowest BCUT2D eigenvalue weighted by Gasteiger charge is -2.45. The van der Waals surface area contributed by atoms with Crippen LogP contribution in [0.1, 0.15) is 37.7 Å². The second kappa shape index (κ2) is 11.8. The van der Waals surface area contributed by atoms with Crippen LogP contribution in [0.15, 0.2) is 24.3 Å². The maximum atomic E-state index is 12.5. The number of benzene rings is 1. The number of ether oxygens (including phenoxy) is 3. The van der Waals surface area contributed by atoms with E-state index in [1.54, 1.807) is 0 Å². The molecule has 3 fully saturated rings. The van der Waals surface area contributed by atoms with E-state index in [2.05, 4.69) is 10.2 Å². The number of carbonyl (C=O) groups is 1. The van der Waals surface area contributed by atoms with Crippen LogP contribution in [-0.4, -0.2) is 79.8 Å². The van der Waals surface area contributed by atoms with Crippen LogP contribution in [0.5, 0.6) is 0 Å². The van der Waals surface area contributed by atoms with E-state index in [1.807, 2.05) is 24.3 Å². The van der Waals surface area contributed by atoms with Crippen molar-refractivity contribution in [3.8, 4) is 0 Å². The van der Waals surface area contributed by atoms with E-state index in [0.717, 1.165) is 51.0 Å². The molecular formula is C24H35ClN2O5. The number of halogens is 1. The molecule has 1 amide bonds. The predicted octanol–water partition coefficient (Wildman–Crippen LogP) is 2.38. The fourth-order valence-electron chi connectivity index (χ4n) is 5.00. The molecule has 3 aliphatic heterocycles. The van der Waals surface area contributed by atoms with Gasteiger partial charge in [-0.2, -0.15) is 0 Å². The Bertz CT molecular complexity index is 728. The van der Waals surface area contributed by atoms with Crippen molar-refractivity contribution < 1.29 is 24.1 Å². The molecule has 0 radical (unpaired) electrons. The van der Waals surface area contributed by atoms with Gasteiger partial charge in [-0.25, -0.2) is 0 Å². The summed E-state index contributed by atoms with van der Waals surface area (Å²) in [5.41, 5.74) is 1.02. The summed E-state index contributed by atoms with van der Waals surface area (Å²) in [4.78, 5) is 14.9. The number of fused-ring (bicyclic) bond motifs is 1. The summed E-state index contributed by atoms with van der Waals surface area (Å²) in [6, 6.07) is 7.69. The highest BCUT2D eigenvalue weighted by Crippen LogP contribution is 2.29. The number of aliphatic hydroxyl groups excluding tert-OH is 1. The third-order valence-electron chi connectivity index (χ3n) is 6.74. The van der Waals surface area contributed by atoms with Crippen molar-refractivity contribution in [2.24, 2.45) is 5.92 Å². The number of nitrogens with one attached hydrogen (secondary N) is 1. The minimum absolute atomic E-state index is 0.00959. The predicted molar refractivity (Wildman–Crippen MR) is 122 cm³/mol. The summed E-state index contributed by atoms with van der Waals surface area (Å²) in [7, 11) is 0. The first-order chi connectivity index (χ1) is 15.6. The third kappa shape index (κ3) is 6.89. The molecule has 4 atom stereocenters. The first kappa shape index (κ1) is 23.9. The zero-order valence-electron chi connectivity index (χ0n) is 18.6. The molecule has 0 aliphatic carbocycles. The molecule has 0 aromatic heterocycles. The Balaban J connectivity index is 1.29. The quantitative estimate of drug-likeness (QED) is 0.670. The molecule has 1 aromatic carbocycles. The number of aliphatic hydroxyl groups is 1. The van der Waals surface area contributed by atoms with Crippen LogP contribution in [0.25, 0.3) is 0 Å². The average Bonchev–Trinajstić information content (AvgIpc) is 2.78. The van der Waals surface area contributed by atoms with Crippen LogP contribution < -0.4 is 5.32 Å². The number of carbonyl (C=O) groups excluding carboxylic acids is 1. The zero-order valence-corrected chi connectivity index (χ0v) is 19.3. The van der Waals surface area contributed by atoms with Gasteiger partial charge >= 0.3 is 0 Å². The maximum absolute atomic E-state index is 12.5. The summed E-state index contributed by atoms with van der Waals surface area (Å²) in [5.74, 6) is 0.581. The fourth-order valence-corrected chi connectivity index (χ4v) is 5.12. The highest BCUT2D eigenvalue weighted by atomic mass is 35.5. The standard InChI is InChI=1S/C24H35ClN2O5/c25-19-3-1-17(2-4-19)12-26-24(29)11-21-5-6-22-23(32-21)16-31-15-20(28)14-27(22)13-18-7-9-30-10-8-18/h1-4,18,20-23,28H,5-16H2,(H,26,29)/t20-,21-,22+,23-/m1/s1. The second-order valence-corrected chi connectivity index (χ2v) is 9.69. The number of nitrogens with zero attached hydrogens (tertiary/aromatic N) is 1. The van der Waals surface area contributed by atoms with Crippen molar-refractivity contribution in [3.05, 3.63) is 34.9 Å². The van der Waals surface area contributed by atoms with Crippen molar-refractivity contribution in [3.63, 3.8) is 0 Å². The Kier molecular flexibility index (Phi) is 8.80. The smallest absolute Gasteiger partial charge is 0.222 e. The molecule has 8 heteroatoms. The number of hydrogen-bond acceptors (Lipinski definition) is 6. The van der Waals surface area contributed by atoms with Crippen LogP contribution in [0, 0.1) is 5.92 Å². The Morgan fingerprint density at radius 2 is 1.88 bits per heavy atom. The van der Waals surface area contributed by atoms with Gasteiger partial charge in [0.2, 0.25) is 5.91 Å². The maximum Gasteiger partial charge on any atom is 0.222 e. The summed E-state index contributed by atoms with van der Waals surface area (Å²) >= 11 is 5.92. The Hall–Kier alpha value is -1.22. The molecule has 0 spiro atoms. The molecule has 7 nitrogen and oxygen atoms in total. The zero-order chi connectivity index (χ0) is 22.3. The molecular weight excluding hydrogens is 432 g/mol. The Morgan fingerprint density at radius 1 is 1.09 bits per heavy atom. The van der Waals surface area contributed by atoms with Crippen LogP contribution in [-0.2, 0) is 25.5 Å². The van der Waals surface area contributed by atoms with Crippen molar-refractivity contribution in [2.75, 3.05) is 39.5 Å². The highest BCUT2D eigenvalue weighted by molar-refractivity contribution is 6.30. The molecule has 0 saturated carbocycles. The van der Waals surface area contributed by atoms with Gasteiger partial charge in [0.1, 0.15) is 0 Å². The van der Waals surface area contributed by atoms with Gasteiger partial charge in [-0.15, -0.1) is 0 Å². The molecule has 0 unspecified atom stereocenters. The van der Waals surface area contributed by atoms with Gasteiger partial charge in [0.05, 0.1) is 37.9 Å². The van der Waals surface area contributed by atoms with E-state index < -0.39 is 6.10 Å². The topological polar surface area (TPSA) is 80.3 Å². The Labute approximate surface area is 195 Å². The lowest BCUT2D eigenvalue weighted by molar-refractivity contribution is -0.159. The van der Waals surface area contributed by atoms with Crippen molar-refractivity contribution in [2.45, 2.75) is 63.0 Å². The van der Waals surface area contributed by atoms with Crippen LogP contribution >= 0.6 is 11.6 Å². The number of hydrogen-bond donors (Lipinski definition) is 2.